The van der Waals surface area contributed by atoms with Gasteiger partial charge in [0.25, 0.3) is 0 Å². The highest BCUT2D eigenvalue weighted by Gasteiger charge is 2.10. The Labute approximate surface area is 142 Å². The zero-order valence-electron chi connectivity index (χ0n) is 15.0. The average molecular weight is 309 g/mol. The van der Waals surface area contributed by atoms with E-state index in [4.69, 9.17) is 0 Å². The van der Waals surface area contributed by atoms with Crippen LogP contribution in [0.3, 0.4) is 0 Å². The van der Waals surface area contributed by atoms with E-state index in [0.29, 0.717) is 0 Å². The van der Waals surface area contributed by atoms with Gasteiger partial charge in [0.2, 0.25) is 0 Å². The molecule has 0 amide bonds. The maximum absolute atomic E-state index is 4.16. The van der Waals surface area contributed by atoms with Crippen LogP contribution < -0.4 is 4.90 Å². The monoisotopic (exact) mass is 309 g/mol. The number of benzene rings is 1. The molecule has 124 valence electrons. The summed E-state index contributed by atoms with van der Waals surface area (Å²) in [5.74, 6) is 0. The Morgan fingerprint density at radius 3 is 1.96 bits per heavy atom. The normalized spacial score (nSPS) is 11.3. The second-order valence-electron chi connectivity index (χ2n) is 5.80. The molecule has 1 nitrogen and oxygen atoms in total. The highest BCUT2D eigenvalue weighted by atomic mass is 15.1. The quantitative estimate of drug-likeness (QED) is 0.339. The van der Waals surface area contributed by atoms with Gasteiger partial charge in [-0.05, 0) is 56.5 Å². The third-order valence-corrected chi connectivity index (χ3v) is 3.81. The van der Waals surface area contributed by atoms with Crippen LogP contribution >= 0.6 is 0 Å². The molecule has 0 saturated heterocycles. The van der Waals surface area contributed by atoms with Gasteiger partial charge in [-0.25, -0.2) is 0 Å². The molecule has 0 aromatic heterocycles. The third-order valence-electron chi connectivity index (χ3n) is 3.81. The fourth-order valence-corrected chi connectivity index (χ4v) is 2.62. The van der Waals surface area contributed by atoms with Crippen LogP contribution in [-0.2, 0) is 6.42 Å². The van der Waals surface area contributed by atoms with Crippen molar-refractivity contribution in [1.29, 1.82) is 0 Å². The van der Waals surface area contributed by atoms with E-state index in [2.05, 4.69) is 49.2 Å². The summed E-state index contributed by atoms with van der Waals surface area (Å²) < 4.78 is 0. The summed E-state index contributed by atoms with van der Waals surface area (Å²) in [6, 6.07) is 8.78. The van der Waals surface area contributed by atoms with Crippen molar-refractivity contribution in [3.63, 3.8) is 0 Å². The van der Waals surface area contributed by atoms with Crippen LogP contribution in [0.25, 0.3) is 0 Å². The predicted molar refractivity (Wildman–Crippen MR) is 105 cm³/mol. The van der Waals surface area contributed by atoms with Gasteiger partial charge in [0.05, 0.1) is 0 Å². The van der Waals surface area contributed by atoms with E-state index in [0.717, 1.165) is 23.5 Å². The zero-order chi connectivity index (χ0) is 17.1. The molecule has 0 radical (unpaired) electrons. The van der Waals surface area contributed by atoms with Crippen molar-refractivity contribution in [2.45, 2.75) is 52.9 Å². The number of anilines is 1. The van der Waals surface area contributed by atoms with Crippen molar-refractivity contribution in [2.75, 3.05) is 4.90 Å². The molecule has 0 saturated carbocycles. The molecule has 1 aromatic carbocycles. The van der Waals surface area contributed by atoms with E-state index < -0.39 is 0 Å². The van der Waals surface area contributed by atoms with Gasteiger partial charge in [-0.3, -0.25) is 0 Å². The molecule has 0 heterocycles. The Bertz CT molecular complexity index is 522. The minimum absolute atomic E-state index is 0.922. The first-order valence-electron chi connectivity index (χ1n) is 8.66. The van der Waals surface area contributed by atoms with Gasteiger partial charge in [0.15, 0.2) is 0 Å². The first kappa shape index (κ1) is 19.0. The summed E-state index contributed by atoms with van der Waals surface area (Å²) in [4.78, 5) is 2.08. The number of unbranched alkanes of at least 4 members (excludes halogenated alkanes) is 3. The van der Waals surface area contributed by atoms with Gasteiger partial charge in [0.1, 0.15) is 0 Å². The van der Waals surface area contributed by atoms with E-state index in [1.54, 1.807) is 0 Å². The molecular formula is C22H31N. The van der Waals surface area contributed by atoms with Crippen LogP contribution in [0.4, 0.5) is 5.69 Å². The second-order valence-corrected chi connectivity index (χ2v) is 5.80. The molecule has 0 aliphatic heterocycles. The van der Waals surface area contributed by atoms with Gasteiger partial charge < -0.3 is 4.90 Å². The Balaban J connectivity index is 2.86. The third kappa shape index (κ3) is 6.32. The van der Waals surface area contributed by atoms with Crippen LogP contribution in [0.2, 0.25) is 0 Å². The molecule has 0 aliphatic carbocycles. The van der Waals surface area contributed by atoms with Crippen molar-refractivity contribution in [2.24, 2.45) is 0 Å². The lowest BCUT2D eigenvalue weighted by Crippen LogP contribution is -2.18. The van der Waals surface area contributed by atoms with Crippen molar-refractivity contribution in [1.82, 2.24) is 0 Å². The number of rotatable bonds is 10. The van der Waals surface area contributed by atoms with Crippen LogP contribution in [0.1, 0.15) is 52.0 Å². The van der Waals surface area contributed by atoms with Gasteiger partial charge in [-0.2, -0.15) is 0 Å². The van der Waals surface area contributed by atoms with Gasteiger partial charge in [-0.1, -0.05) is 63.6 Å². The van der Waals surface area contributed by atoms with E-state index >= 15 is 0 Å². The first-order chi connectivity index (χ1) is 11.1. The largest absolute Gasteiger partial charge is 0.312 e. The summed E-state index contributed by atoms with van der Waals surface area (Å²) in [6.45, 7) is 14.6. The molecule has 0 unspecified atom stereocenters. The van der Waals surface area contributed by atoms with Crippen LogP contribution in [-0.4, -0.2) is 0 Å². The summed E-state index contributed by atoms with van der Waals surface area (Å²) in [7, 11) is 0. The Morgan fingerprint density at radius 1 is 0.913 bits per heavy atom. The molecule has 0 fully saturated rings. The molecule has 0 N–H and O–H groups in total. The summed E-state index contributed by atoms with van der Waals surface area (Å²) in [5, 5.41) is 0. The van der Waals surface area contributed by atoms with Crippen molar-refractivity contribution >= 4 is 5.69 Å². The lowest BCUT2D eigenvalue weighted by molar-refractivity contribution is 0.667. The molecule has 0 aliphatic rings. The lowest BCUT2D eigenvalue weighted by atomic mass is 10.1. The maximum atomic E-state index is 4.16. The van der Waals surface area contributed by atoms with Crippen LogP contribution in [0.5, 0.6) is 0 Å². The number of nitrogens with zero attached hydrogens (tertiary/aromatic N) is 1. The van der Waals surface area contributed by atoms with Crippen molar-refractivity contribution in [3.8, 4) is 0 Å². The topological polar surface area (TPSA) is 3.24 Å². The van der Waals surface area contributed by atoms with E-state index in [1.807, 2.05) is 38.2 Å². The van der Waals surface area contributed by atoms with E-state index in [1.165, 1.54) is 31.2 Å². The molecule has 1 heteroatoms. The van der Waals surface area contributed by atoms with Crippen LogP contribution in [0.15, 0.2) is 73.1 Å². The summed E-state index contributed by atoms with van der Waals surface area (Å²) in [6.07, 6.45) is 14.4. The molecule has 1 rings (SSSR count). The van der Waals surface area contributed by atoms with Crippen LogP contribution in [0, 0.1) is 0 Å². The number of allylic oxidation sites excluding steroid dienone is 4. The zero-order valence-corrected chi connectivity index (χ0v) is 15.0. The molecule has 23 heavy (non-hydrogen) atoms. The molecular weight excluding hydrogens is 278 g/mol. The maximum Gasteiger partial charge on any atom is 0.0461 e. The van der Waals surface area contributed by atoms with E-state index in [-0.39, 0.29) is 0 Å². The second kappa shape index (κ2) is 10.7. The SMILES string of the molecule is C=C(/C=C\C)N(C(=C)/C=C\C)c1ccc(CCCCCC)cc1. The molecule has 0 bridgehead atoms. The Kier molecular flexibility index (Phi) is 8.82. The highest BCUT2D eigenvalue weighted by molar-refractivity contribution is 5.61. The highest BCUT2D eigenvalue weighted by Crippen LogP contribution is 2.25. The Hall–Kier alpha value is -2.02. The first-order valence-corrected chi connectivity index (χ1v) is 8.66. The minimum atomic E-state index is 0.922. The molecule has 0 atom stereocenters. The van der Waals surface area contributed by atoms with Gasteiger partial charge in [-0.15, -0.1) is 0 Å². The number of aryl methyl sites for hydroxylation is 1. The summed E-state index contributed by atoms with van der Waals surface area (Å²) >= 11 is 0. The van der Waals surface area contributed by atoms with E-state index in [9.17, 15) is 0 Å². The average Bonchev–Trinajstić information content (AvgIpc) is 2.54. The minimum Gasteiger partial charge on any atom is -0.312 e. The number of hydrogen-bond acceptors (Lipinski definition) is 1. The van der Waals surface area contributed by atoms with Crippen molar-refractivity contribution < 1.29 is 0 Å². The predicted octanol–water partition coefficient (Wildman–Crippen LogP) is 6.80. The smallest absolute Gasteiger partial charge is 0.0461 e. The number of hydrogen-bond donors (Lipinski definition) is 0. The molecule has 0 spiro atoms. The lowest BCUT2D eigenvalue weighted by Gasteiger charge is -2.26. The van der Waals surface area contributed by atoms with Crippen molar-refractivity contribution in [3.05, 3.63) is 78.7 Å². The van der Waals surface area contributed by atoms with Gasteiger partial charge in [0, 0.05) is 17.1 Å². The standard InChI is InChI=1S/C22H31N/c1-6-9-10-11-14-21-15-17-22(18-16-21)23(19(4)12-7-2)20(5)13-8-3/h7-8,12-13,15-18H,4-6,9-11,14H2,1-3H3/b12-7-,13-8-. The molecule has 1 aromatic rings. The van der Waals surface area contributed by atoms with Gasteiger partial charge >= 0.3 is 0 Å². The Morgan fingerprint density at radius 2 is 1.48 bits per heavy atom. The summed E-state index contributed by atoms with van der Waals surface area (Å²) in [5.41, 5.74) is 4.35. The fourth-order valence-electron chi connectivity index (χ4n) is 2.62. The fraction of sp³-hybridized carbons (Fsp3) is 0.364.